The van der Waals surface area contributed by atoms with Crippen LogP contribution in [-0.4, -0.2) is 20.7 Å². The zero-order valence-corrected chi connectivity index (χ0v) is 13.5. The number of para-hydroxylation sites is 1. The molecule has 0 aliphatic carbocycles. The number of nitrogens with zero attached hydrogens (tertiary/aromatic N) is 3. The number of benzene rings is 2. The maximum Gasteiger partial charge on any atom is 0.259 e. The lowest BCUT2D eigenvalue weighted by atomic mass is 10.1. The van der Waals surface area contributed by atoms with Crippen molar-refractivity contribution in [3.63, 3.8) is 0 Å². The number of carbonyl (C=O) groups is 1. The molecule has 0 unspecified atom stereocenters. The van der Waals surface area contributed by atoms with Crippen molar-refractivity contribution >= 4 is 33.3 Å². The van der Waals surface area contributed by atoms with E-state index >= 15 is 0 Å². The van der Waals surface area contributed by atoms with Gasteiger partial charge in [0, 0.05) is 23.6 Å². The average Bonchev–Trinajstić information content (AvgIpc) is 3.24. The minimum Gasteiger partial charge on any atom is -0.342 e. The van der Waals surface area contributed by atoms with Crippen LogP contribution in [0.15, 0.2) is 66.3 Å². The van der Waals surface area contributed by atoms with Gasteiger partial charge in [-0.05, 0) is 11.6 Å². The van der Waals surface area contributed by atoms with Crippen molar-refractivity contribution in [1.82, 2.24) is 14.8 Å². The molecule has 0 saturated carbocycles. The SMILES string of the molecule is O=C(Nc1nncs1)c1cn(Cc2ccccc2)c2ccccc12. The number of aromatic nitrogens is 3. The number of hydrogen-bond donors (Lipinski definition) is 1. The molecule has 5 nitrogen and oxygen atoms in total. The molecule has 2 aromatic carbocycles. The second-order valence-corrected chi connectivity index (χ2v) is 6.20. The monoisotopic (exact) mass is 334 g/mol. The van der Waals surface area contributed by atoms with Crippen LogP contribution in [0.25, 0.3) is 10.9 Å². The highest BCUT2D eigenvalue weighted by molar-refractivity contribution is 7.13. The molecule has 0 atom stereocenters. The quantitative estimate of drug-likeness (QED) is 0.617. The van der Waals surface area contributed by atoms with Crippen molar-refractivity contribution in [2.45, 2.75) is 6.54 Å². The molecule has 118 valence electrons. The fourth-order valence-electron chi connectivity index (χ4n) is 2.73. The van der Waals surface area contributed by atoms with E-state index in [9.17, 15) is 4.79 Å². The Hall–Kier alpha value is -2.99. The van der Waals surface area contributed by atoms with Crippen LogP contribution in [0, 0.1) is 0 Å². The minimum atomic E-state index is -0.172. The lowest BCUT2D eigenvalue weighted by Crippen LogP contribution is -2.11. The van der Waals surface area contributed by atoms with Crippen LogP contribution in [0.5, 0.6) is 0 Å². The molecular weight excluding hydrogens is 320 g/mol. The van der Waals surface area contributed by atoms with E-state index in [4.69, 9.17) is 0 Å². The third-order valence-corrected chi connectivity index (χ3v) is 4.42. The van der Waals surface area contributed by atoms with E-state index in [-0.39, 0.29) is 5.91 Å². The van der Waals surface area contributed by atoms with Crippen molar-refractivity contribution in [2.75, 3.05) is 5.32 Å². The van der Waals surface area contributed by atoms with Crippen LogP contribution >= 0.6 is 11.3 Å². The first-order chi connectivity index (χ1) is 11.8. The molecule has 0 fully saturated rings. The Kier molecular flexibility index (Phi) is 3.80. The topological polar surface area (TPSA) is 59.8 Å². The zero-order chi connectivity index (χ0) is 16.4. The van der Waals surface area contributed by atoms with Gasteiger partial charge in [0.2, 0.25) is 5.13 Å². The molecule has 4 rings (SSSR count). The normalized spacial score (nSPS) is 10.8. The van der Waals surface area contributed by atoms with Crippen LogP contribution in [-0.2, 0) is 6.54 Å². The summed E-state index contributed by atoms with van der Waals surface area (Å²) < 4.78 is 2.10. The molecule has 0 aliphatic rings. The zero-order valence-electron chi connectivity index (χ0n) is 12.7. The van der Waals surface area contributed by atoms with Crippen molar-refractivity contribution in [1.29, 1.82) is 0 Å². The number of amides is 1. The van der Waals surface area contributed by atoms with Crippen LogP contribution in [0.2, 0.25) is 0 Å². The first-order valence-electron chi connectivity index (χ1n) is 7.50. The first-order valence-corrected chi connectivity index (χ1v) is 8.38. The minimum absolute atomic E-state index is 0.172. The van der Waals surface area contributed by atoms with Crippen molar-refractivity contribution in [3.05, 3.63) is 77.4 Å². The molecule has 0 bridgehead atoms. The first kappa shape index (κ1) is 14.6. The maximum absolute atomic E-state index is 12.6. The third-order valence-electron chi connectivity index (χ3n) is 3.81. The van der Waals surface area contributed by atoms with Crippen molar-refractivity contribution < 1.29 is 4.79 Å². The van der Waals surface area contributed by atoms with Gasteiger partial charge in [0.1, 0.15) is 5.51 Å². The van der Waals surface area contributed by atoms with Crippen molar-refractivity contribution in [2.24, 2.45) is 0 Å². The van der Waals surface area contributed by atoms with Crippen LogP contribution in [0.4, 0.5) is 5.13 Å². The summed E-state index contributed by atoms with van der Waals surface area (Å²) in [4.78, 5) is 12.6. The average molecular weight is 334 g/mol. The summed E-state index contributed by atoms with van der Waals surface area (Å²) >= 11 is 1.30. The van der Waals surface area contributed by atoms with E-state index in [1.54, 1.807) is 5.51 Å². The lowest BCUT2D eigenvalue weighted by Gasteiger charge is -2.05. The second kappa shape index (κ2) is 6.25. The van der Waals surface area contributed by atoms with Crippen LogP contribution in [0.1, 0.15) is 15.9 Å². The van der Waals surface area contributed by atoms with Crippen LogP contribution in [0.3, 0.4) is 0 Å². The summed E-state index contributed by atoms with van der Waals surface area (Å²) in [6, 6.07) is 18.1. The van der Waals surface area contributed by atoms with E-state index in [2.05, 4.69) is 32.2 Å². The molecule has 0 spiro atoms. The maximum atomic E-state index is 12.6. The molecule has 2 heterocycles. The number of nitrogens with one attached hydrogen (secondary N) is 1. The standard InChI is InChI=1S/C18H14N4OS/c23-17(20-18-21-19-12-24-18)15-11-22(10-13-6-2-1-3-7-13)16-9-5-4-8-14(15)16/h1-9,11-12H,10H2,(H,20,21,23). The number of hydrogen-bond acceptors (Lipinski definition) is 4. The molecule has 24 heavy (non-hydrogen) atoms. The number of rotatable bonds is 4. The summed E-state index contributed by atoms with van der Waals surface area (Å²) in [7, 11) is 0. The molecule has 2 aromatic heterocycles. The van der Waals surface area contributed by atoms with Gasteiger partial charge < -0.3 is 4.57 Å². The Morgan fingerprint density at radius 1 is 1.08 bits per heavy atom. The molecule has 1 N–H and O–H groups in total. The van der Waals surface area contributed by atoms with Gasteiger partial charge in [-0.1, -0.05) is 59.9 Å². The highest BCUT2D eigenvalue weighted by Gasteiger charge is 2.16. The summed E-state index contributed by atoms with van der Waals surface area (Å²) in [6.45, 7) is 0.716. The fourth-order valence-corrected chi connectivity index (χ4v) is 3.17. The van der Waals surface area contributed by atoms with Gasteiger partial charge in [-0.25, -0.2) is 0 Å². The number of fused-ring (bicyclic) bond motifs is 1. The van der Waals surface area contributed by atoms with Crippen LogP contribution < -0.4 is 5.32 Å². The Balaban J connectivity index is 1.72. The largest absolute Gasteiger partial charge is 0.342 e. The number of anilines is 1. The second-order valence-electron chi connectivity index (χ2n) is 5.37. The lowest BCUT2D eigenvalue weighted by molar-refractivity contribution is 0.102. The molecule has 4 aromatic rings. The third kappa shape index (κ3) is 2.79. The highest BCUT2D eigenvalue weighted by atomic mass is 32.1. The Morgan fingerprint density at radius 2 is 1.88 bits per heavy atom. The molecule has 0 saturated heterocycles. The van der Waals surface area contributed by atoms with Gasteiger partial charge >= 0.3 is 0 Å². The summed E-state index contributed by atoms with van der Waals surface area (Å²) in [6.07, 6.45) is 1.90. The van der Waals surface area contributed by atoms with Gasteiger partial charge in [-0.2, -0.15) is 0 Å². The van der Waals surface area contributed by atoms with Crippen molar-refractivity contribution in [3.8, 4) is 0 Å². The molecule has 6 heteroatoms. The molecule has 1 amide bonds. The fraction of sp³-hybridized carbons (Fsp3) is 0.0556. The van der Waals surface area contributed by atoms with E-state index in [1.807, 2.05) is 48.7 Å². The van der Waals surface area contributed by atoms with E-state index in [0.29, 0.717) is 17.2 Å². The highest BCUT2D eigenvalue weighted by Crippen LogP contribution is 2.23. The van der Waals surface area contributed by atoms with Gasteiger partial charge in [-0.15, -0.1) is 10.2 Å². The molecular formula is C18H14N4OS. The number of carbonyl (C=O) groups excluding carboxylic acids is 1. The predicted molar refractivity (Wildman–Crippen MR) is 95.3 cm³/mol. The predicted octanol–water partition coefficient (Wildman–Crippen LogP) is 3.79. The van der Waals surface area contributed by atoms with Gasteiger partial charge in [-0.3, -0.25) is 10.1 Å². The van der Waals surface area contributed by atoms with E-state index in [1.165, 1.54) is 16.9 Å². The summed E-state index contributed by atoms with van der Waals surface area (Å²) in [5, 5.41) is 11.8. The van der Waals surface area contributed by atoms with Gasteiger partial charge in [0.15, 0.2) is 0 Å². The molecule has 0 aliphatic heterocycles. The van der Waals surface area contributed by atoms with Gasteiger partial charge in [0.25, 0.3) is 5.91 Å². The Morgan fingerprint density at radius 3 is 2.67 bits per heavy atom. The Bertz CT molecular complexity index is 977. The van der Waals surface area contributed by atoms with E-state index < -0.39 is 0 Å². The summed E-state index contributed by atoms with van der Waals surface area (Å²) in [5.41, 5.74) is 4.45. The van der Waals surface area contributed by atoms with E-state index in [0.717, 1.165) is 10.9 Å². The smallest absolute Gasteiger partial charge is 0.259 e. The Labute approximate surface area is 142 Å². The molecule has 0 radical (unpaired) electrons. The summed E-state index contributed by atoms with van der Waals surface area (Å²) in [5.74, 6) is -0.172. The van der Waals surface area contributed by atoms with Gasteiger partial charge in [0.05, 0.1) is 5.56 Å².